The molecule has 0 saturated heterocycles. The average molecular weight is 579 g/mol. The van der Waals surface area contributed by atoms with Gasteiger partial charge in [0.1, 0.15) is 12.4 Å². The first kappa shape index (κ1) is 31.4. The van der Waals surface area contributed by atoms with E-state index in [-0.39, 0.29) is 37.1 Å². The number of fused-ring (bicyclic) bond motifs is 2. The summed E-state index contributed by atoms with van der Waals surface area (Å²) < 4.78 is 31.7. The number of carbonyl (C=O) groups excluding carboxylic acids is 2. The Labute approximate surface area is 234 Å². The molecule has 41 heavy (non-hydrogen) atoms. The van der Waals surface area contributed by atoms with Gasteiger partial charge in [-0.05, 0) is 67.7 Å². The predicted molar refractivity (Wildman–Crippen MR) is 144 cm³/mol. The summed E-state index contributed by atoms with van der Waals surface area (Å²) >= 11 is 0. The van der Waals surface area contributed by atoms with Crippen LogP contribution in [0.4, 0.5) is 24.7 Å². The lowest BCUT2D eigenvalue weighted by Gasteiger charge is -2.23. The van der Waals surface area contributed by atoms with Crippen LogP contribution in [0.15, 0.2) is 36.4 Å². The lowest BCUT2D eigenvalue weighted by atomic mass is 9.91. The molecule has 2 amide bonds. The van der Waals surface area contributed by atoms with Gasteiger partial charge in [0, 0.05) is 30.9 Å². The third kappa shape index (κ3) is 9.47. The smallest absolute Gasteiger partial charge is 0.481 e. The van der Waals surface area contributed by atoms with Crippen molar-refractivity contribution in [2.24, 2.45) is 0 Å². The van der Waals surface area contributed by atoms with Gasteiger partial charge in [-0.2, -0.15) is 13.2 Å². The number of nitrogens with one attached hydrogen (secondary N) is 2. The maximum atomic E-state index is 12.8. The molecule has 13 heteroatoms. The van der Waals surface area contributed by atoms with E-state index < -0.39 is 18.1 Å². The summed E-state index contributed by atoms with van der Waals surface area (Å²) in [5.41, 5.74) is 3.79. The molecule has 4 N–H and O–H groups in total. The number of nitrogens with zero attached hydrogens (tertiary/aromatic N) is 2. The van der Waals surface area contributed by atoms with Gasteiger partial charge >= 0.3 is 18.1 Å². The van der Waals surface area contributed by atoms with Gasteiger partial charge < -0.3 is 25.7 Å². The van der Waals surface area contributed by atoms with Crippen molar-refractivity contribution in [1.29, 1.82) is 0 Å². The van der Waals surface area contributed by atoms with Gasteiger partial charge in [-0.1, -0.05) is 24.3 Å². The van der Waals surface area contributed by atoms with Gasteiger partial charge in [-0.3, -0.25) is 14.4 Å². The number of amides is 2. The number of carbonyl (C=O) groups is 4. The van der Waals surface area contributed by atoms with Gasteiger partial charge in [0.2, 0.25) is 11.8 Å². The number of benzene rings is 1. The molecule has 2 aliphatic rings. The summed E-state index contributed by atoms with van der Waals surface area (Å²) in [4.78, 5) is 51.8. The van der Waals surface area contributed by atoms with E-state index in [9.17, 15) is 32.7 Å². The quantitative estimate of drug-likeness (QED) is 0.328. The van der Waals surface area contributed by atoms with Crippen LogP contribution in [0, 0.1) is 0 Å². The van der Waals surface area contributed by atoms with Crippen LogP contribution in [0.2, 0.25) is 0 Å². The highest BCUT2D eigenvalue weighted by Crippen LogP contribution is 2.36. The molecular formula is C28H33F3N4O6. The number of aliphatic carboxylic acids is 2. The predicted octanol–water partition coefficient (Wildman–Crippen LogP) is 3.90. The van der Waals surface area contributed by atoms with Crippen LogP contribution in [-0.2, 0) is 32.0 Å². The number of pyridine rings is 1. The molecule has 0 bridgehead atoms. The molecule has 1 atom stereocenters. The van der Waals surface area contributed by atoms with Gasteiger partial charge in [0.25, 0.3) is 0 Å². The molecule has 0 spiro atoms. The van der Waals surface area contributed by atoms with Crippen molar-refractivity contribution in [3.8, 4) is 0 Å². The SMILES string of the molecule is O=C(O)C(F)(F)F.O=C(O)CC1CCC(=O)N(CC(=O)NCCCCc2ccc3c(n2)NCCC3)c2ccccc21. The van der Waals surface area contributed by atoms with Crippen molar-refractivity contribution in [2.45, 2.75) is 63.5 Å². The highest BCUT2D eigenvalue weighted by molar-refractivity contribution is 6.00. The Kier molecular flexibility index (Phi) is 11.1. The Hall–Kier alpha value is -4.16. The van der Waals surface area contributed by atoms with Crippen LogP contribution in [0.3, 0.4) is 0 Å². The number of unbranched alkanes of at least 4 members (excludes halogenated alkanes) is 1. The first-order chi connectivity index (χ1) is 19.5. The molecule has 3 heterocycles. The first-order valence-electron chi connectivity index (χ1n) is 13.4. The number of carboxylic acids is 2. The van der Waals surface area contributed by atoms with Crippen LogP contribution in [0.25, 0.3) is 0 Å². The van der Waals surface area contributed by atoms with Crippen LogP contribution in [-0.4, -0.2) is 64.8 Å². The molecule has 1 aromatic heterocycles. The number of carboxylic acid groups (broad SMARTS) is 2. The molecule has 2 aliphatic heterocycles. The number of aryl methyl sites for hydroxylation is 2. The summed E-state index contributed by atoms with van der Waals surface area (Å²) in [6, 6.07) is 11.5. The van der Waals surface area contributed by atoms with E-state index in [0.29, 0.717) is 18.7 Å². The standard InChI is InChI=1S/C26H32N4O4.C2HF3O2/c31-23(27-14-4-3-7-20-12-10-18-6-5-15-28-26(18)29-20)17-30-22-9-2-1-8-21(22)19(16-25(33)34)11-13-24(30)32;3-2(4,5)1(6)7/h1-2,8-10,12,19H,3-7,11,13-17H2,(H,27,31)(H,28,29)(H,33,34);(H,6,7). The van der Waals surface area contributed by atoms with Crippen LogP contribution >= 0.6 is 0 Å². The minimum absolute atomic E-state index is 0.0283. The lowest BCUT2D eigenvalue weighted by Crippen LogP contribution is -2.41. The van der Waals surface area contributed by atoms with E-state index in [2.05, 4.69) is 22.8 Å². The van der Waals surface area contributed by atoms with Gasteiger partial charge in [-0.15, -0.1) is 0 Å². The summed E-state index contributed by atoms with van der Waals surface area (Å²) in [5, 5.41) is 22.7. The average Bonchev–Trinajstić information content (AvgIpc) is 3.05. The minimum Gasteiger partial charge on any atom is -0.481 e. The second kappa shape index (κ2) is 14.5. The highest BCUT2D eigenvalue weighted by atomic mass is 19.4. The fourth-order valence-electron chi connectivity index (χ4n) is 4.76. The maximum absolute atomic E-state index is 12.8. The van der Waals surface area contributed by atoms with Gasteiger partial charge in [0.05, 0.1) is 6.42 Å². The van der Waals surface area contributed by atoms with Crippen molar-refractivity contribution in [1.82, 2.24) is 10.3 Å². The second-order valence-electron chi connectivity index (χ2n) is 9.82. The van der Waals surface area contributed by atoms with E-state index in [0.717, 1.165) is 55.7 Å². The number of para-hydroxylation sites is 1. The zero-order chi connectivity index (χ0) is 30.0. The van der Waals surface area contributed by atoms with Gasteiger partial charge in [-0.25, -0.2) is 9.78 Å². The van der Waals surface area contributed by atoms with Crippen molar-refractivity contribution >= 4 is 35.3 Å². The normalized spacial score (nSPS) is 16.2. The Morgan fingerprint density at radius 1 is 1.07 bits per heavy atom. The molecule has 222 valence electrons. The molecule has 0 radical (unpaired) electrons. The summed E-state index contributed by atoms with van der Waals surface area (Å²) in [6.45, 7) is 1.45. The fraction of sp³-hybridized carbons (Fsp3) is 0.464. The second-order valence-corrected chi connectivity index (χ2v) is 9.82. The third-order valence-corrected chi connectivity index (χ3v) is 6.77. The summed E-state index contributed by atoms with van der Waals surface area (Å²) in [5.74, 6) is -3.24. The van der Waals surface area contributed by atoms with Crippen molar-refractivity contribution in [2.75, 3.05) is 29.9 Å². The largest absolute Gasteiger partial charge is 0.490 e. The number of hydrogen-bond acceptors (Lipinski definition) is 6. The number of rotatable bonds is 9. The molecule has 0 saturated carbocycles. The number of anilines is 2. The number of aromatic nitrogens is 1. The van der Waals surface area contributed by atoms with Crippen LogP contribution < -0.4 is 15.5 Å². The Bertz CT molecular complexity index is 1250. The highest BCUT2D eigenvalue weighted by Gasteiger charge is 2.38. The molecular weight excluding hydrogens is 545 g/mol. The molecule has 1 aromatic carbocycles. The molecule has 2 aromatic rings. The van der Waals surface area contributed by atoms with E-state index in [1.54, 1.807) is 6.07 Å². The molecule has 1 unspecified atom stereocenters. The molecule has 0 fully saturated rings. The molecule has 4 rings (SSSR count). The fourth-order valence-corrected chi connectivity index (χ4v) is 4.76. The summed E-state index contributed by atoms with van der Waals surface area (Å²) in [7, 11) is 0. The number of alkyl halides is 3. The van der Waals surface area contributed by atoms with Crippen molar-refractivity contribution < 1.29 is 42.6 Å². The topological polar surface area (TPSA) is 149 Å². The van der Waals surface area contributed by atoms with Crippen molar-refractivity contribution in [3.63, 3.8) is 0 Å². The summed E-state index contributed by atoms with van der Waals surface area (Å²) in [6.07, 6.45) is 0.386. The Morgan fingerprint density at radius 3 is 2.51 bits per heavy atom. The lowest BCUT2D eigenvalue weighted by molar-refractivity contribution is -0.192. The monoisotopic (exact) mass is 578 g/mol. The van der Waals surface area contributed by atoms with Crippen molar-refractivity contribution in [3.05, 3.63) is 53.2 Å². The third-order valence-electron chi connectivity index (χ3n) is 6.77. The Balaban J connectivity index is 0.000000587. The Morgan fingerprint density at radius 2 is 1.80 bits per heavy atom. The molecule has 0 aliphatic carbocycles. The number of hydrogen-bond donors (Lipinski definition) is 4. The van der Waals surface area contributed by atoms with E-state index >= 15 is 0 Å². The zero-order valence-electron chi connectivity index (χ0n) is 22.4. The van der Waals surface area contributed by atoms with Gasteiger partial charge in [0.15, 0.2) is 0 Å². The maximum Gasteiger partial charge on any atom is 0.490 e. The van der Waals surface area contributed by atoms with Crippen LogP contribution in [0.1, 0.15) is 61.3 Å². The zero-order valence-corrected chi connectivity index (χ0v) is 22.4. The molecule has 10 nitrogen and oxygen atoms in total. The first-order valence-corrected chi connectivity index (χ1v) is 13.4. The van der Waals surface area contributed by atoms with E-state index in [4.69, 9.17) is 14.9 Å². The number of halogens is 3. The van der Waals surface area contributed by atoms with E-state index in [1.165, 1.54) is 10.5 Å². The van der Waals surface area contributed by atoms with E-state index in [1.807, 2.05) is 18.2 Å². The minimum atomic E-state index is -5.08. The van der Waals surface area contributed by atoms with Crippen LogP contribution in [0.5, 0.6) is 0 Å².